The molecule has 0 saturated heterocycles. The van der Waals surface area contributed by atoms with Crippen LogP contribution in [0.2, 0.25) is 0 Å². The van der Waals surface area contributed by atoms with Gasteiger partial charge in [-0.1, -0.05) is 13.8 Å². The van der Waals surface area contributed by atoms with Gasteiger partial charge in [0.2, 0.25) is 0 Å². The Balaban J connectivity index is 1.53. The normalized spacial score (nSPS) is 12.9. The number of hydrogen-bond acceptors (Lipinski definition) is 9. The van der Waals surface area contributed by atoms with E-state index in [1.807, 2.05) is 20.8 Å². The van der Waals surface area contributed by atoms with E-state index in [1.54, 1.807) is 18.6 Å². The molecule has 1 saturated carbocycles. The molecule has 0 aromatic carbocycles. The van der Waals surface area contributed by atoms with E-state index in [1.165, 1.54) is 17.2 Å². The van der Waals surface area contributed by atoms with Crippen LogP contribution in [0.5, 0.6) is 5.88 Å². The summed E-state index contributed by atoms with van der Waals surface area (Å²) in [6.07, 6.45) is 8.84. The smallest absolute Gasteiger partial charge is 0.387 e. The first-order chi connectivity index (χ1) is 16.4. The van der Waals surface area contributed by atoms with E-state index in [0.29, 0.717) is 24.7 Å². The molecule has 3 aromatic rings. The van der Waals surface area contributed by atoms with Crippen LogP contribution < -0.4 is 20.7 Å². The fourth-order valence-corrected chi connectivity index (χ4v) is 3.18. The van der Waals surface area contributed by atoms with Crippen molar-refractivity contribution in [3.05, 3.63) is 42.5 Å². The molecule has 3 heterocycles. The minimum atomic E-state index is -0.817. The molecule has 4 rings (SSSR count). The van der Waals surface area contributed by atoms with E-state index in [4.69, 9.17) is 4.74 Å². The zero-order valence-electron chi connectivity index (χ0n) is 19.3. The van der Waals surface area contributed by atoms with E-state index in [-0.39, 0.29) is 34.9 Å². The highest BCUT2D eigenvalue weighted by Crippen LogP contribution is 2.40. The molecule has 1 fully saturated rings. The van der Waals surface area contributed by atoms with Gasteiger partial charge in [-0.05, 0) is 25.7 Å². The summed E-state index contributed by atoms with van der Waals surface area (Å²) >= 11 is 0. The Bertz CT molecular complexity index is 1160. The molecule has 0 atom stereocenters. The monoisotopic (exact) mass is 465 g/mol. The van der Waals surface area contributed by atoms with Gasteiger partial charge in [-0.15, -0.1) is 0 Å². The predicted octanol–water partition coefficient (Wildman–Crippen LogP) is 3.10. The van der Waals surface area contributed by atoms with Crippen LogP contribution in [0.3, 0.4) is 0 Å². The molecule has 178 valence electrons. The maximum absolute atomic E-state index is 12.8. The fourth-order valence-electron chi connectivity index (χ4n) is 3.18. The molecule has 3 aromatic heterocycles. The third-order valence-electron chi connectivity index (χ3n) is 5.03. The van der Waals surface area contributed by atoms with Crippen LogP contribution in [0.25, 0.3) is 0 Å². The molecular weight excluding hydrogens is 438 g/mol. The van der Waals surface area contributed by atoms with Crippen molar-refractivity contribution >= 4 is 29.2 Å². The summed E-state index contributed by atoms with van der Waals surface area (Å²) in [5, 5.41) is 12.7. The molecule has 34 heavy (non-hydrogen) atoms. The molecule has 0 spiro atoms. The zero-order chi connectivity index (χ0) is 24.1. The first-order valence-electron chi connectivity index (χ1n) is 11.2. The van der Waals surface area contributed by atoms with E-state index < -0.39 is 6.09 Å². The molecule has 0 radical (unpaired) electrons. The van der Waals surface area contributed by atoms with Crippen LogP contribution >= 0.6 is 0 Å². The average Bonchev–Trinajstić information content (AvgIpc) is 3.60. The second kappa shape index (κ2) is 10.2. The standard InChI is InChI=1S/C22H27N9O3/c1-4-31-18(20(32)26-7-13(2)3)17(11-27-31)30-22(33)34-21-19(28-15-8-23-12-24-9-15)25-10-16(29-21)14-5-6-14/h8-14H,4-7H2,1-3H3,(H,25,28)(H,26,32)(H,30,33). The van der Waals surface area contributed by atoms with Gasteiger partial charge in [0.1, 0.15) is 12.0 Å². The van der Waals surface area contributed by atoms with Gasteiger partial charge in [0.05, 0.1) is 41.9 Å². The lowest BCUT2D eigenvalue weighted by atomic mass is 10.2. The zero-order valence-corrected chi connectivity index (χ0v) is 19.3. The summed E-state index contributed by atoms with van der Waals surface area (Å²) in [6.45, 7) is 6.82. The number of anilines is 3. The molecule has 0 aliphatic heterocycles. The lowest BCUT2D eigenvalue weighted by Crippen LogP contribution is -2.30. The van der Waals surface area contributed by atoms with Gasteiger partial charge in [-0.3, -0.25) is 14.8 Å². The minimum Gasteiger partial charge on any atom is -0.387 e. The molecular formula is C22H27N9O3. The van der Waals surface area contributed by atoms with Crippen molar-refractivity contribution in [1.82, 2.24) is 35.0 Å². The minimum absolute atomic E-state index is 0.0134. The summed E-state index contributed by atoms with van der Waals surface area (Å²) in [4.78, 5) is 42.3. The highest BCUT2D eigenvalue weighted by Gasteiger charge is 2.28. The Kier molecular flexibility index (Phi) is 6.95. The number of nitrogens with zero attached hydrogens (tertiary/aromatic N) is 6. The first kappa shape index (κ1) is 23.1. The van der Waals surface area contributed by atoms with Crippen LogP contribution in [0, 0.1) is 5.92 Å². The molecule has 3 N–H and O–H groups in total. The van der Waals surface area contributed by atoms with Crippen molar-refractivity contribution in [3.8, 4) is 5.88 Å². The maximum atomic E-state index is 12.8. The molecule has 0 bridgehead atoms. The topological polar surface area (TPSA) is 149 Å². The summed E-state index contributed by atoms with van der Waals surface area (Å²) < 4.78 is 7.04. The largest absolute Gasteiger partial charge is 0.418 e. The highest BCUT2D eigenvalue weighted by atomic mass is 16.6. The van der Waals surface area contributed by atoms with Crippen molar-refractivity contribution < 1.29 is 14.3 Å². The van der Waals surface area contributed by atoms with Crippen LogP contribution in [-0.2, 0) is 6.54 Å². The van der Waals surface area contributed by atoms with Crippen LogP contribution in [-0.4, -0.2) is 48.3 Å². The van der Waals surface area contributed by atoms with Gasteiger partial charge in [0, 0.05) is 19.0 Å². The quantitative estimate of drug-likeness (QED) is 0.433. The number of aromatic nitrogens is 6. The molecule has 12 nitrogen and oxygen atoms in total. The maximum Gasteiger partial charge on any atom is 0.418 e. The van der Waals surface area contributed by atoms with E-state index in [0.717, 1.165) is 18.5 Å². The van der Waals surface area contributed by atoms with Gasteiger partial charge in [-0.25, -0.2) is 24.7 Å². The van der Waals surface area contributed by atoms with Gasteiger partial charge in [0.25, 0.3) is 11.8 Å². The van der Waals surface area contributed by atoms with Gasteiger partial charge < -0.3 is 15.4 Å². The van der Waals surface area contributed by atoms with Crippen LogP contribution in [0.15, 0.2) is 31.1 Å². The van der Waals surface area contributed by atoms with Gasteiger partial charge in [-0.2, -0.15) is 5.10 Å². The van der Waals surface area contributed by atoms with Crippen LogP contribution in [0.1, 0.15) is 55.7 Å². The number of carbonyl (C=O) groups is 2. The van der Waals surface area contributed by atoms with Crippen molar-refractivity contribution in [1.29, 1.82) is 0 Å². The lowest BCUT2D eigenvalue weighted by Gasteiger charge is -2.13. The third-order valence-corrected chi connectivity index (χ3v) is 5.03. The summed E-state index contributed by atoms with van der Waals surface area (Å²) in [5.41, 5.74) is 1.81. The number of rotatable bonds is 9. The third kappa shape index (κ3) is 5.63. The number of ether oxygens (including phenoxy) is 1. The Hall–Kier alpha value is -4.09. The first-order valence-corrected chi connectivity index (χ1v) is 11.2. The van der Waals surface area contributed by atoms with Crippen molar-refractivity contribution in [2.45, 2.75) is 46.1 Å². The second-order valence-corrected chi connectivity index (χ2v) is 8.32. The van der Waals surface area contributed by atoms with Crippen molar-refractivity contribution in [2.24, 2.45) is 5.92 Å². The summed E-state index contributed by atoms with van der Waals surface area (Å²) in [6, 6.07) is 0. The van der Waals surface area contributed by atoms with Gasteiger partial charge in [0.15, 0.2) is 5.82 Å². The Morgan fingerprint density at radius 2 is 1.94 bits per heavy atom. The highest BCUT2D eigenvalue weighted by molar-refractivity contribution is 6.01. The lowest BCUT2D eigenvalue weighted by molar-refractivity contribution is 0.0939. The molecule has 12 heteroatoms. The Morgan fingerprint density at radius 3 is 2.62 bits per heavy atom. The summed E-state index contributed by atoms with van der Waals surface area (Å²) in [5.74, 6) is 0.519. The molecule has 1 aliphatic carbocycles. The summed E-state index contributed by atoms with van der Waals surface area (Å²) in [7, 11) is 0. The number of carbonyl (C=O) groups excluding carboxylic acids is 2. The van der Waals surface area contributed by atoms with E-state index in [9.17, 15) is 9.59 Å². The van der Waals surface area contributed by atoms with E-state index in [2.05, 4.69) is 41.0 Å². The molecule has 1 aliphatic rings. The Labute approximate surface area is 196 Å². The number of amides is 2. The number of aryl methyl sites for hydroxylation is 1. The second-order valence-electron chi connectivity index (χ2n) is 8.32. The van der Waals surface area contributed by atoms with Crippen LogP contribution in [0.4, 0.5) is 22.0 Å². The predicted molar refractivity (Wildman–Crippen MR) is 124 cm³/mol. The number of nitrogens with one attached hydrogen (secondary N) is 3. The molecule has 2 amide bonds. The Morgan fingerprint density at radius 1 is 1.18 bits per heavy atom. The number of hydrogen-bond donors (Lipinski definition) is 3. The fraction of sp³-hybridized carbons (Fsp3) is 0.409. The van der Waals surface area contributed by atoms with Crippen molar-refractivity contribution in [2.75, 3.05) is 17.2 Å². The van der Waals surface area contributed by atoms with E-state index >= 15 is 0 Å². The van der Waals surface area contributed by atoms with Gasteiger partial charge >= 0.3 is 6.09 Å². The SMILES string of the molecule is CCn1ncc(NC(=O)Oc2nc(C3CC3)cnc2Nc2cncnc2)c1C(=O)NCC(C)C. The van der Waals surface area contributed by atoms with Crippen molar-refractivity contribution in [3.63, 3.8) is 0 Å². The average molecular weight is 466 g/mol. The molecule has 0 unspecified atom stereocenters.